The summed E-state index contributed by atoms with van der Waals surface area (Å²) in [6.45, 7) is 0. The third-order valence-corrected chi connectivity index (χ3v) is 2.66. The first-order chi connectivity index (χ1) is 9.33. The van der Waals surface area contributed by atoms with Gasteiger partial charge < -0.3 is 9.52 Å². The van der Waals surface area contributed by atoms with E-state index in [1.165, 1.54) is 0 Å². The van der Waals surface area contributed by atoms with Gasteiger partial charge in [-0.3, -0.25) is 0 Å². The van der Waals surface area contributed by atoms with E-state index in [4.69, 9.17) is 4.42 Å². The van der Waals surface area contributed by atoms with Gasteiger partial charge in [-0.15, -0.1) is 10.2 Å². The minimum atomic E-state index is 0. The van der Waals surface area contributed by atoms with Crippen LogP contribution in [0.25, 0.3) is 11.5 Å². The molecule has 5 heteroatoms. The molecule has 1 radical (unpaired) electrons. The van der Waals surface area contributed by atoms with Crippen LogP contribution in [0.4, 0.5) is 0 Å². The molecule has 3 aromatic rings. The van der Waals surface area contributed by atoms with Crippen LogP contribution in [0.1, 0.15) is 11.5 Å². The molecule has 4 nitrogen and oxygen atoms in total. The van der Waals surface area contributed by atoms with Crippen molar-refractivity contribution in [2.24, 2.45) is 0 Å². The summed E-state index contributed by atoms with van der Waals surface area (Å²) >= 11 is 0. The van der Waals surface area contributed by atoms with Gasteiger partial charge in [-0.25, -0.2) is 0 Å². The van der Waals surface area contributed by atoms with Crippen molar-refractivity contribution >= 4 is 0 Å². The Morgan fingerprint density at radius 1 is 0.900 bits per heavy atom. The van der Waals surface area contributed by atoms with Crippen molar-refractivity contribution in [2.45, 2.75) is 0 Å². The van der Waals surface area contributed by atoms with E-state index in [1.807, 2.05) is 30.3 Å². The second-order valence-electron chi connectivity index (χ2n) is 4.02. The van der Waals surface area contributed by atoms with Crippen molar-refractivity contribution < 1.29 is 29.0 Å². The molecule has 95 valence electrons. The van der Waals surface area contributed by atoms with Gasteiger partial charge in [-0.05, 0) is 17.7 Å². The average Bonchev–Trinajstić information content (AvgIpc) is 2.89. The fourth-order valence-corrected chi connectivity index (χ4v) is 1.75. The normalized spacial score (nSPS) is 10.0. The van der Waals surface area contributed by atoms with Gasteiger partial charge in [0.15, 0.2) is 0 Å². The van der Waals surface area contributed by atoms with E-state index < -0.39 is 0 Å². The van der Waals surface area contributed by atoms with Crippen molar-refractivity contribution in [1.29, 1.82) is 0 Å². The van der Waals surface area contributed by atoms with Gasteiger partial charge in [-0.2, -0.15) is 0 Å². The second-order valence-corrected chi connectivity index (χ2v) is 4.02. The van der Waals surface area contributed by atoms with Crippen LogP contribution in [0.2, 0.25) is 0 Å². The molecule has 0 saturated heterocycles. The molecule has 20 heavy (non-hydrogen) atoms. The molecule has 0 aliphatic rings. The first-order valence-corrected chi connectivity index (χ1v) is 5.84. The Hall–Kier alpha value is -2.00. The van der Waals surface area contributed by atoms with Crippen LogP contribution in [0.3, 0.4) is 0 Å². The SMILES string of the molecule is Oc1ccccc1-c1nnc([CH]c2ccccc2)o1.[Zn]. The van der Waals surface area contributed by atoms with Gasteiger partial charge in [0.05, 0.1) is 12.0 Å². The van der Waals surface area contributed by atoms with Gasteiger partial charge in [0.1, 0.15) is 5.75 Å². The van der Waals surface area contributed by atoms with Crippen LogP contribution in [0.15, 0.2) is 59.0 Å². The molecule has 0 aliphatic heterocycles. The molecule has 0 fully saturated rings. The zero-order valence-corrected chi connectivity index (χ0v) is 13.7. The van der Waals surface area contributed by atoms with Crippen LogP contribution >= 0.6 is 0 Å². The number of para-hydroxylation sites is 1. The summed E-state index contributed by atoms with van der Waals surface area (Å²) in [7, 11) is 0. The predicted octanol–water partition coefficient (Wildman–Crippen LogP) is 3.04. The monoisotopic (exact) mass is 315 g/mol. The Labute approximate surface area is 129 Å². The molecule has 0 bridgehead atoms. The van der Waals surface area contributed by atoms with Crippen LogP contribution in [-0.4, -0.2) is 15.3 Å². The quantitative estimate of drug-likeness (QED) is 0.755. The Kier molecular flexibility index (Phi) is 4.64. The summed E-state index contributed by atoms with van der Waals surface area (Å²) in [6.07, 6.45) is 1.79. The fourth-order valence-electron chi connectivity index (χ4n) is 1.75. The van der Waals surface area contributed by atoms with E-state index in [1.54, 1.807) is 30.7 Å². The van der Waals surface area contributed by atoms with E-state index in [9.17, 15) is 5.11 Å². The number of benzene rings is 2. The fraction of sp³-hybridized carbons (Fsp3) is 0. The molecule has 0 atom stereocenters. The average molecular weight is 317 g/mol. The van der Waals surface area contributed by atoms with E-state index in [2.05, 4.69) is 10.2 Å². The third-order valence-electron chi connectivity index (χ3n) is 2.66. The van der Waals surface area contributed by atoms with Crippen LogP contribution < -0.4 is 0 Å². The number of phenolic OH excluding ortho intramolecular Hbond substituents is 1. The maximum Gasteiger partial charge on any atom is 0.251 e. The Balaban J connectivity index is 0.00000147. The second kappa shape index (κ2) is 6.44. The number of hydrogen-bond donors (Lipinski definition) is 1. The van der Waals surface area contributed by atoms with Gasteiger partial charge in [0.2, 0.25) is 5.89 Å². The molecule has 0 unspecified atom stereocenters. The summed E-state index contributed by atoms with van der Waals surface area (Å²) in [5.74, 6) is 0.835. The minimum Gasteiger partial charge on any atom is -0.507 e. The summed E-state index contributed by atoms with van der Waals surface area (Å²) < 4.78 is 5.52. The van der Waals surface area contributed by atoms with Gasteiger partial charge in [-0.1, -0.05) is 42.5 Å². The summed E-state index contributed by atoms with van der Waals surface area (Å²) in [4.78, 5) is 0. The molecule has 1 heterocycles. The predicted molar refractivity (Wildman–Crippen MR) is 70.3 cm³/mol. The number of hydrogen-bond acceptors (Lipinski definition) is 4. The standard InChI is InChI=1S/C15H11N2O2.Zn/c18-13-9-5-4-8-12(13)15-17-16-14(19-15)10-11-6-2-1-3-7-11;/h1-10,18H;. The smallest absolute Gasteiger partial charge is 0.251 e. The van der Waals surface area contributed by atoms with E-state index in [-0.39, 0.29) is 25.2 Å². The molecule has 0 saturated carbocycles. The van der Waals surface area contributed by atoms with Gasteiger partial charge in [0, 0.05) is 19.5 Å². The summed E-state index contributed by atoms with van der Waals surface area (Å²) in [5, 5.41) is 17.6. The number of phenols is 1. The maximum absolute atomic E-state index is 9.72. The van der Waals surface area contributed by atoms with Crippen LogP contribution in [0, 0.1) is 6.42 Å². The topological polar surface area (TPSA) is 59.2 Å². The first kappa shape index (κ1) is 14.4. The molecule has 3 rings (SSSR count). The molecular formula is C15H11N2O2Zn. The Bertz CT molecular complexity index is 683. The molecule has 1 N–H and O–H groups in total. The number of aromatic nitrogens is 2. The summed E-state index contributed by atoms with van der Waals surface area (Å²) in [6, 6.07) is 16.6. The molecule has 0 amide bonds. The zero-order valence-electron chi connectivity index (χ0n) is 10.7. The van der Waals surface area contributed by atoms with Gasteiger partial charge >= 0.3 is 0 Å². The molecule has 0 aliphatic carbocycles. The van der Waals surface area contributed by atoms with Crippen molar-refractivity contribution in [3.63, 3.8) is 0 Å². The van der Waals surface area contributed by atoms with E-state index in [0.29, 0.717) is 17.3 Å². The van der Waals surface area contributed by atoms with Crippen molar-refractivity contribution in [1.82, 2.24) is 10.2 Å². The first-order valence-electron chi connectivity index (χ1n) is 5.84. The Morgan fingerprint density at radius 3 is 2.35 bits per heavy atom. The van der Waals surface area contributed by atoms with E-state index in [0.717, 1.165) is 5.56 Å². The maximum atomic E-state index is 9.72. The molecular weight excluding hydrogens is 306 g/mol. The molecule has 0 spiro atoms. The van der Waals surface area contributed by atoms with Crippen LogP contribution in [-0.2, 0) is 19.5 Å². The largest absolute Gasteiger partial charge is 0.507 e. The third kappa shape index (κ3) is 3.12. The van der Waals surface area contributed by atoms with Crippen molar-refractivity contribution in [3.8, 4) is 17.2 Å². The summed E-state index contributed by atoms with van der Waals surface area (Å²) in [5.41, 5.74) is 1.51. The number of nitrogens with zero attached hydrogens (tertiary/aromatic N) is 2. The molecule has 1 aromatic heterocycles. The Morgan fingerprint density at radius 2 is 1.60 bits per heavy atom. The zero-order chi connectivity index (χ0) is 13.1. The van der Waals surface area contributed by atoms with Crippen LogP contribution in [0.5, 0.6) is 5.75 Å². The van der Waals surface area contributed by atoms with Crippen molar-refractivity contribution in [2.75, 3.05) is 0 Å². The number of aromatic hydroxyl groups is 1. The van der Waals surface area contributed by atoms with Gasteiger partial charge in [0.25, 0.3) is 5.89 Å². The molecule has 2 aromatic carbocycles. The minimum absolute atomic E-state index is 0. The number of rotatable bonds is 3. The van der Waals surface area contributed by atoms with Crippen molar-refractivity contribution in [3.05, 3.63) is 72.5 Å². The van der Waals surface area contributed by atoms with E-state index >= 15 is 0 Å².